The van der Waals surface area contributed by atoms with Crippen LogP contribution in [0.3, 0.4) is 0 Å². The summed E-state index contributed by atoms with van der Waals surface area (Å²) in [6.45, 7) is 2.14. The van der Waals surface area contributed by atoms with Crippen LogP contribution in [-0.4, -0.2) is 9.91 Å². The van der Waals surface area contributed by atoms with Gasteiger partial charge in [0, 0.05) is 28.8 Å². The molecule has 0 saturated carbocycles. The van der Waals surface area contributed by atoms with E-state index in [1.165, 1.54) is 0 Å². The van der Waals surface area contributed by atoms with E-state index in [1.54, 1.807) is 31.3 Å². The third-order valence-electron chi connectivity index (χ3n) is 2.76. The van der Waals surface area contributed by atoms with E-state index in [4.69, 9.17) is 11.6 Å². The third kappa shape index (κ3) is 3.46. The van der Waals surface area contributed by atoms with E-state index in [-0.39, 0.29) is 10.6 Å². The summed E-state index contributed by atoms with van der Waals surface area (Å²) in [6.07, 6.45) is 1.60. The maximum absolute atomic E-state index is 10.9. The average Bonchev–Trinajstić information content (AvgIpc) is 2.41. The molecular formula is C13H11BrClN3O2. The van der Waals surface area contributed by atoms with Crippen LogP contribution in [0, 0.1) is 17.0 Å². The fourth-order valence-electron chi connectivity index (χ4n) is 1.71. The first-order valence-corrected chi connectivity index (χ1v) is 6.93. The Bertz CT molecular complexity index is 664. The largest absolute Gasteiger partial charge is 0.378 e. The first-order valence-electron chi connectivity index (χ1n) is 5.76. The quantitative estimate of drug-likeness (QED) is 0.503. The number of nitrogens with one attached hydrogen (secondary N) is 1. The minimum atomic E-state index is -0.382. The number of nitrogens with zero attached hydrogens (tertiary/aromatic N) is 2. The minimum absolute atomic E-state index is 0.114. The number of halogens is 2. The molecule has 0 atom stereocenters. The van der Waals surface area contributed by atoms with Crippen molar-refractivity contribution >= 4 is 38.9 Å². The second-order valence-electron chi connectivity index (χ2n) is 4.22. The Hall–Kier alpha value is -1.66. The molecule has 5 nitrogen and oxygen atoms in total. The van der Waals surface area contributed by atoms with E-state index in [2.05, 4.69) is 26.2 Å². The summed E-state index contributed by atoms with van der Waals surface area (Å²) in [5.74, 6) is 0. The number of rotatable bonds is 4. The van der Waals surface area contributed by atoms with Gasteiger partial charge >= 0.3 is 0 Å². The van der Waals surface area contributed by atoms with Gasteiger partial charge in [-0.1, -0.05) is 23.7 Å². The van der Waals surface area contributed by atoms with E-state index >= 15 is 0 Å². The van der Waals surface area contributed by atoms with Gasteiger partial charge in [-0.05, 0) is 34.5 Å². The first-order chi connectivity index (χ1) is 9.47. The molecule has 0 radical (unpaired) electrons. The molecule has 0 aliphatic rings. The monoisotopic (exact) mass is 355 g/mol. The molecule has 1 aromatic heterocycles. The molecule has 0 aliphatic carbocycles. The predicted molar refractivity (Wildman–Crippen MR) is 82.1 cm³/mol. The van der Waals surface area contributed by atoms with Crippen molar-refractivity contribution in [3.05, 3.63) is 61.3 Å². The standard InChI is InChI=1S/C13H11BrClN3O2/c1-8-2-3-9(4-12(8)18(19)20)6-16-11-5-10(14)7-17-13(11)15/h2-5,7,16H,6H2,1H3. The number of nitro benzene ring substituents is 1. The van der Waals surface area contributed by atoms with Crippen molar-refractivity contribution < 1.29 is 4.92 Å². The number of anilines is 1. The van der Waals surface area contributed by atoms with Crippen molar-refractivity contribution in [2.24, 2.45) is 0 Å². The van der Waals surface area contributed by atoms with Crippen LogP contribution in [0.15, 0.2) is 34.9 Å². The lowest BCUT2D eigenvalue weighted by Gasteiger charge is -2.08. The molecular weight excluding hydrogens is 346 g/mol. The molecule has 0 aliphatic heterocycles. The number of pyridine rings is 1. The van der Waals surface area contributed by atoms with Gasteiger partial charge in [-0.15, -0.1) is 0 Å². The Labute approximate surface area is 129 Å². The molecule has 0 saturated heterocycles. The summed E-state index contributed by atoms with van der Waals surface area (Å²) in [7, 11) is 0. The number of aryl methyl sites for hydroxylation is 1. The van der Waals surface area contributed by atoms with Crippen molar-refractivity contribution in [2.45, 2.75) is 13.5 Å². The molecule has 20 heavy (non-hydrogen) atoms. The van der Waals surface area contributed by atoms with Crippen LogP contribution in [0.5, 0.6) is 0 Å². The van der Waals surface area contributed by atoms with Gasteiger partial charge in [0.25, 0.3) is 5.69 Å². The number of hydrogen-bond acceptors (Lipinski definition) is 4. The third-order valence-corrected chi connectivity index (χ3v) is 3.49. The van der Waals surface area contributed by atoms with Gasteiger partial charge in [0.15, 0.2) is 5.15 Å². The number of hydrogen-bond donors (Lipinski definition) is 1. The molecule has 2 rings (SSSR count). The number of aromatic nitrogens is 1. The lowest BCUT2D eigenvalue weighted by molar-refractivity contribution is -0.385. The SMILES string of the molecule is Cc1ccc(CNc2cc(Br)cnc2Cl)cc1[N+](=O)[O-]. The molecule has 0 unspecified atom stereocenters. The van der Waals surface area contributed by atoms with Crippen LogP contribution >= 0.6 is 27.5 Å². The van der Waals surface area contributed by atoms with E-state index in [0.717, 1.165) is 10.0 Å². The molecule has 1 aromatic carbocycles. The molecule has 0 amide bonds. The van der Waals surface area contributed by atoms with Crippen molar-refractivity contribution in [3.8, 4) is 0 Å². The molecule has 0 bridgehead atoms. The zero-order valence-corrected chi connectivity index (χ0v) is 12.9. The Balaban J connectivity index is 2.17. The van der Waals surface area contributed by atoms with Crippen LogP contribution in [-0.2, 0) is 6.54 Å². The number of nitro groups is 1. The van der Waals surface area contributed by atoms with Crippen molar-refractivity contribution in [2.75, 3.05) is 5.32 Å². The van der Waals surface area contributed by atoms with E-state index in [1.807, 2.05) is 6.07 Å². The lowest BCUT2D eigenvalue weighted by atomic mass is 10.1. The minimum Gasteiger partial charge on any atom is -0.378 e. The zero-order chi connectivity index (χ0) is 14.7. The van der Waals surface area contributed by atoms with Crippen LogP contribution < -0.4 is 5.32 Å². The highest BCUT2D eigenvalue weighted by Crippen LogP contribution is 2.24. The molecule has 1 heterocycles. The van der Waals surface area contributed by atoms with Crippen molar-refractivity contribution in [1.29, 1.82) is 0 Å². The van der Waals surface area contributed by atoms with E-state index in [0.29, 0.717) is 22.9 Å². The van der Waals surface area contributed by atoms with Gasteiger partial charge in [-0.25, -0.2) is 4.98 Å². The van der Waals surface area contributed by atoms with Gasteiger partial charge in [-0.3, -0.25) is 10.1 Å². The van der Waals surface area contributed by atoms with Crippen molar-refractivity contribution in [3.63, 3.8) is 0 Å². The van der Waals surface area contributed by atoms with Gasteiger partial charge in [-0.2, -0.15) is 0 Å². The molecule has 2 aromatic rings. The lowest BCUT2D eigenvalue weighted by Crippen LogP contribution is -2.02. The molecule has 7 heteroatoms. The summed E-state index contributed by atoms with van der Waals surface area (Å²) >= 11 is 9.28. The van der Waals surface area contributed by atoms with Crippen molar-refractivity contribution in [1.82, 2.24) is 4.98 Å². The Kier molecular flexibility index (Phi) is 4.57. The highest BCUT2D eigenvalue weighted by atomic mass is 79.9. The van der Waals surface area contributed by atoms with Crippen LogP contribution in [0.4, 0.5) is 11.4 Å². The second kappa shape index (κ2) is 6.19. The Morgan fingerprint density at radius 3 is 2.90 bits per heavy atom. The zero-order valence-electron chi connectivity index (χ0n) is 10.6. The van der Waals surface area contributed by atoms with Gasteiger partial charge in [0.2, 0.25) is 0 Å². The topological polar surface area (TPSA) is 68.1 Å². The smallest absolute Gasteiger partial charge is 0.272 e. The van der Waals surface area contributed by atoms with Gasteiger partial charge in [0.1, 0.15) is 0 Å². The normalized spacial score (nSPS) is 10.3. The molecule has 0 fully saturated rings. The van der Waals surface area contributed by atoms with E-state index in [9.17, 15) is 10.1 Å². The Morgan fingerprint density at radius 2 is 2.20 bits per heavy atom. The summed E-state index contributed by atoms with van der Waals surface area (Å²) in [5, 5.41) is 14.4. The Morgan fingerprint density at radius 1 is 1.45 bits per heavy atom. The highest BCUT2D eigenvalue weighted by molar-refractivity contribution is 9.10. The number of benzene rings is 1. The van der Waals surface area contributed by atoms with Crippen LogP contribution in [0.1, 0.15) is 11.1 Å². The summed E-state index contributed by atoms with van der Waals surface area (Å²) in [4.78, 5) is 14.5. The molecule has 104 valence electrons. The van der Waals surface area contributed by atoms with E-state index < -0.39 is 0 Å². The first kappa shape index (κ1) is 14.7. The van der Waals surface area contributed by atoms with Gasteiger partial charge < -0.3 is 5.32 Å². The summed E-state index contributed by atoms with van der Waals surface area (Å²) < 4.78 is 0.805. The average molecular weight is 357 g/mol. The predicted octanol–water partition coefficient (Wildman–Crippen LogP) is 4.33. The summed E-state index contributed by atoms with van der Waals surface area (Å²) in [6, 6.07) is 6.93. The maximum Gasteiger partial charge on any atom is 0.272 e. The fraction of sp³-hybridized carbons (Fsp3) is 0.154. The fourth-order valence-corrected chi connectivity index (χ4v) is 2.21. The van der Waals surface area contributed by atoms with Gasteiger partial charge in [0.05, 0.1) is 10.6 Å². The van der Waals surface area contributed by atoms with Crippen LogP contribution in [0.2, 0.25) is 5.15 Å². The maximum atomic E-state index is 10.9. The highest BCUT2D eigenvalue weighted by Gasteiger charge is 2.11. The molecule has 1 N–H and O–H groups in total. The second-order valence-corrected chi connectivity index (χ2v) is 5.50. The molecule has 0 spiro atoms. The van der Waals surface area contributed by atoms with Crippen LogP contribution in [0.25, 0.3) is 0 Å². The summed E-state index contributed by atoms with van der Waals surface area (Å²) in [5.41, 5.74) is 2.23.